The molecule has 3 aromatic rings. The molecule has 30 heavy (non-hydrogen) atoms. The number of ether oxygens (including phenoxy) is 1. The van der Waals surface area contributed by atoms with Crippen LogP contribution in [0.25, 0.3) is 11.5 Å². The minimum absolute atomic E-state index is 0.115. The molecule has 0 spiro atoms. The molecular formula is C20H23N7O3. The van der Waals surface area contributed by atoms with Gasteiger partial charge in [-0.15, -0.1) is 0 Å². The first kappa shape index (κ1) is 19.9. The predicted octanol–water partition coefficient (Wildman–Crippen LogP) is 2.33. The Labute approximate surface area is 173 Å². The number of morpholine rings is 1. The predicted molar refractivity (Wildman–Crippen MR) is 106 cm³/mol. The summed E-state index contributed by atoms with van der Waals surface area (Å²) < 4.78 is 10.8. The van der Waals surface area contributed by atoms with Crippen LogP contribution < -0.4 is 5.32 Å². The molecule has 0 bridgehead atoms. The summed E-state index contributed by atoms with van der Waals surface area (Å²) in [7, 11) is 0. The van der Waals surface area contributed by atoms with Gasteiger partial charge >= 0.3 is 6.03 Å². The molecule has 1 fully saturated rings. The van der Waals surface area contributed by atoms with Gasteiger partial charge in [0.05, 0.1) is 25.5 Å². The number of amides is 2. The Morgan fingerprint density at radius 1 is 1.23 bits per heavy atom. The van der Waals surface area contributed by atoms with Gasteiger partial charge in [0, 0.05) is 24.9 Å². The number of pyridine rings is 1. The molecule has 0 saturated carbocycles. The van der Waals surface area contributed by atoms with E-state index in [0.717, 1.165) is 0 Å². The van der Waals surface area contributed by atoms with Gasteiger partial charge in [-0.05, 0) is 18.2 Å². The molecule has 1 unspecified atom stereocenters. The van der Waals surface area contributed by atoms with E-state index in [0.29, 0.717) is 48.7 Å². The molecule has 0 radical (unpaired) electrons. The summed E-state index contributed by atoms with van der Waals surface area (Å²) in [6.45, 7) is 5.41. The lowest BCUT2D eigenvalue weighted by molar-refractivity contribution is 0.00782. The molecule has 4 heterocycles. The SMILES string of the molecule is CC(C)c1nc(C2COCCN2C(=O)NCc2ccnc(-c3ccccn3)n2)no1. The zero-order valence-corrected chi connectivity index (χ0v) is 16.9. The largest absolute Gasteiger partial charge is 0.377 e. The highest BCUT2D eigenvalue weighted by molar-refractivity contribution is 5.74. The van der Waals surface area contributed by atoms with Gasteiger partial charge in [-0.3, -0.25) is 4.98 Å². The molecule has 1 aliphatic rings. The lowest BCUT2D eigenvalue weighted by Crippen LogP contribution is -2.48. The van der Waals surface area contributed by atoms with Crippen molar-refractivity contribution >= 4 is 6.03 Å². The maximum Gasteiger partial charge on any atom is 0.318 e. The molecule has 10 heteroatoms. The Bertz CT molecular complexity index is 993. The summed E-state index contributed by atoms with van der Waals surface area (Å²) in [5, 5.41) is 6.95. The summed E-state index contributed by atoms with van der Waals surface area (Å²) >= 11 is 0. The van der Waals surface area contributed by atoms with Gasteiger partial charge in [0.2, 0.25) is 5.89 Å². The fourth-order valence-electron chi connectivity index (χ4n) is 3.06. The summed E-state index contributed by atoms with van der Waals surface area (Å²) in [6.07, 6.45) is 3.34. The maximum absolute atomic E-state index is 12.9. The number of carbonyl (C=O) groups is 1. The smallest absolute Gasteiger partial charge is 0.318 e. The van der Waals surface area contributed by atoms with Gasteiger partial charge in [0.1, 0.15) is 11.7 Å². The van der Waals surface area contributed by atoms with Crippen molar-refractivity contribution in [3.8, 4) is 11.5 Å². The second kappa shape index (κ2) is 8.95. The van der Waals surface area contributed by atoms with Crippen LogP contribution in [0.15, 0.2) is 41.2 Å². The Kier molecular flexibility index (Phi) is 5.94. The number of hydrogen-bond donors (Lipinski definition) is 1. The number of aromatic nitrogens is 5. The minimum Gasteiger partial charge on any atom is -0.377 e. The highest BCUT2D eigenvalue weighted by Gasteiger charge is 2.32. The standard InChI is InChI=1S/C20H23N7O3/c1-13(2)19-25-18(26-30-19)16-12-29-10-9-27(16)20(28)23-11-14-6-8-22-17(24-14)15-5-3-4-7-21-15/h3-8,13,16H,9-12H2,1-2H3,(H,23,28). The highest BCUT2D eigenvalue weighted by Crippen LogP contribution is 2.23. The molecular weight excluding hydrogens is 386 g/mol. The number of rotatable bonds is 5. The van der Waals surface area contributed by atoms with Crippen molar-refractivity contribution in [3.63, 3.8) is 0 Å². The van der Waals surface area contributed by atoms with Crippen molar-refractivity contribution in [2.75, 3.05) is 19.8 Å². The Morgan fingerprint density at radius 3 is 2.90 bits per heavy atom. The van der Waals surface area contributed by atoms with Gasteiger partial charge in [0.15, 0.2) is 11.6 Å². The van der Waals surface area contributed by atoms with E-state index in [9.17, 15) is 4.79 Å². The topological polar surface area (TPSA) is 119 Å². The average Bonchev–Trinajstić information content (AvgIpc) is 3.29. The van der Waals surface area contributed by atoms with Gasteiger partial charge in [-0.2, -0.15) is 4.98 Å². The van der Waals surface area contributed by atoms with E-state index < -0.39 is 6.04 Å². The molecule has 0 aromatic carbocycles. The third kappa shape index (κ3) is 4.43. The summed E-state index contributed by atoms with van der Waals surface area (Å²) in [4.78, 5) is 32.0. The Hall–Kier alpha value is -3.40. The third-order valence-corrected chi connectivity index (χ3v) is 4.67. The summed E-state index contributed by atoms with van der Waals surface area (Å²) in [6, 6.07) is 6.67. The zero-order valence-electron chi connectivity index (χ0n) is 16.9. The van der Waals surface area contributed by atoms with Gasteiger partial charge in [-0.25, -0.2) is 14.8 Å². The van der Waals surface area contributed by atoms with Crippen molar-refractivity contribution in [3.05, 3.63) is 54.1 Å². The van der Waals surface area contributed by atoms with Gasteiger partial charge < -0.3 is 19.5 Å². The quantitative estimate of drug-likeness (QED) is 0.682. The number of urea groups is 1. The molecule has 3 aromatic heterocycles. The van der Waals surface area contributed by atoms with Crippen molar-refractivity contribution < 1.29 is 14.1 Å². The molecule has 1 atom stereocenters. The lowest BCUT2D eigenvalue weighted by Gasteiger charge is -2.33. The van der Waals surface area contributed by atoms with Gasteiger partial charge in [0.25, 0.3) is 0 Å². The Balaban J connectivity index is 1.43. The van der Waals surface area contributed by atoms with Crippen LogP contribution in [-0.4, -0.2) is 55.8 Å². The molecule has 156 valence electrons. The van der Waals surface area contributed by atoms with E-state index in [4.69, 9.17) is 9.26 Å². The molecule has 1 saturated heterocycles. The molecule has 2 amide bonds. The monoisotopic (exact) mass is 409 g/mol. The number of nitrogens with zero attached hydrogens (tertiary/aromatic N) is 6. The highest BCUT2D eigenvalue weighted by atomic mass is 16.5. The summed E-state index contributed by atoms with van der Waals surface area (Å²) in [5.74, 6) is 1.62. The number of hydrogen-bond acceptors (Lipinski definition) is 8. The first-order valence-electron chi connectivity index (χ1n) is 9.81. The van der Waals surface area contributed by atoms with Crippen LogP contribution in [-0.2, 0) is 11.3 Å². The molecule has 1 N–H and O–H groups in total. The number of carbonyl (C=O) groups excluding carboxylic acids is 1. The van der Waals surface area contributed by atoms with Crippen molar-refractivity contribution in [1.29, 1.82) is 0 Å². The van der Waals surface area contributed by atoms with Crippen LogP contribution in [0, 0.1) is 0 Å². The first-order valence-corrected chi connectivity index (χ1v) is 9.81. The van der Waals surface area contributed by atoms with Crippen molar-refractivity contribution in [1.82, 2.24) is 35.3 Å². The van der Waals surface area contributed by atoms with Crippen LogP contribution in [0.4, 0.5) is 4.79 Å². The molecule has 4 rings (SSSR count). The van der Waals surface area contributed by atoms with Crippen molar-refractivity contribution in [2.45, 2.75) is 32.4 Å². The average molecular weight is 409 g/mol. The Morgan fingerprint density at radius 2 is 2.13 bits per heavy atom. The van der Waals surface area contributed by atoms with Gasteiger partial charge in [-0.1, -0.05) is 25.1 Å². The fraction of sp³-hybridized carbons (Fsp3) is 0.400. The number of nitrogens with one attached hydrogen (secondary N) is 1. The van der Waals surface area contributed by atoms with Crippen LogP contribution in [0.3, 0.4) is 0 Å². The first-order chi connectivity index (χ1) is 14.6. The van der Waals surface area contributed by atoms with Crippen molar-refractivity contribution in [2.24, 2.45) is 0 Å². The van der Waals surface area contributed by atoms with Crippen LogP contribution in [0.2, 0.25) is 0 Å². The van der Waals surface area contributed by atoms with Crippen LogP contribution in [0.5, 0.6) is 0 Å². The van der Waals surface area contributed by atoms with Crippen LogP contribution >= 0.6 is 0 Å². The minimum atomic E-state index is -0.399. The third-order valence-electron chi connectivity index (χ3n) is 4.67. The fourth-order valence-corrected chi connectivity index (χ4v) is 3.06. The molecule has 1 aliphatic heterocycles. The van der Waals surface area contributed by atoms with E-state index in [1.54, 1.807) is 23.4 Å². The second-order valence-electron chi connectivity index (χ2n) is 7.17. The van der Waals surface area contributed by atoms with E-state index >= 15 is 0 Å². The summed E-state index contributed by atoms with van der Waals surface area (Å²) in [5.41, 5.74) is 1.36. The normalized spacial score (nSPS) is 16.6. The zero-order chi connectivity index (χ0) is 20.9. The molecule has 10 nitrogen and oxygen atoms in total. The maximum atomic E-state index is 12.9. The van der Waals surface area contributed by atoms with E-state index in [1.165, 1.54) is 0 Å². The molecule has 0 aliphatic carbocycles. The van der Waals surface area contributed by atoms with Crippen LogP contribution in [0.1, 0.15) is 43.2 Å². The van der Waals surface area contributed by atoms with E-state index in [2.05, 4.69) is 30.4 Å². The second-order valence-corrected chi connectivity index (χ2v) is 7.17. The van der Waals surface area contributed by atoms with E-state index in [-0.39, 0.29) is 18.5 Å². The lowest BCUT2D eigenvalue weighted by atomic mass is 10.2. The van der Waals surface area contributed by atoms with E-state index in [1.807, 2.05) is 32.0 Å².